The van der Waals surface area contributed by atoms with Crippen molar-refractivity contribution in [2.24, 2.45) is 17.8 Å². The van der Waals surface area contributed by atoms with Crippen LogP contribution in [0.3, 0.4) is 0 Å². The third kappa shape index (κ3) is 5.45. The van der Waals surface area contributed by atoms with Crippen LogP contribution in [0.2, 0.25) is 0 Å². The number of nitrogens with zero attached hydrogens (tertiary/aromatic N) is 3. The van der Waals surface area contributed by atoms with Crippen LogP contribution < -0.4 is 16.0 Å². The van der Waals surface area contributed by atoms with Crippen molar-refractivity contribution in [2.45, 2.75) is 88.4 Å². The molecule has 0 radical (unpaired) electrons. The molecular weight excluding hydrogens is 494 g/mol. The van der Waals surface area contributed by atoms with E-state index in [1.54, 1.807) is 12.4 Å². The van der Waals surface area contributed by atoms with Gasteiger partial charge in [-0.1, -0.05) is 12.8 Å². The van der Waals surface area contributed by atoms with Crippen LogP contribution in [-0.2, 0) is 14.4 Å². The highest BCUT2D eigenvalue weighted by Crippen LogP contribution is 2.49. The summed E-state index contributed by atoms with van der Waals surface area (Å²) in [6.07, 6.45) is 6.59. The van der Waals surface area contributed by atoms with E-state index < -0.39 is 54.3 Å². The van der Waals surface area contributed by atoms with E-state index in [0.717, 1.165) is 18.4 Å². The van der Waals surface area contributed by atoms with Gasteiger partial charge < -0.3 is 20.9 Å². The first-order chi connectivity index (χ1) is 18.2. The minimum absolute atomic E-state index is 0.103. The highest BCUT2D eigenvalue weighted by atomic mass is 19.3. The van der Waals surface area contributed by atoms with Gasteiger partial charge in [-0.3, -0.25) is 19.4 Å². The minimum Gasteiger partial charge on any atom is -0.372 e. The summed E-state index contributed by atoms with van der Waals surface area (Å²) in [5, 5.41) is 18.2. The number of nitrogens with one attached hydrogen (secondary N) is 3. The molecule has 5 fully saturated rings. The Bertz CT molecular complexity index is 1140. The molecule has 2 saturated carbocycles. The number of pyridine rings is 1. The van der Waals surface area contributed by atoms with E-state index in [0.29, 0.717) is 37.4 Å². The van der Waals surface area contributed by atoms with Crippen molar-refractivity contribution < 1.29 is 23.2 Å². The smallest absolute Gasteiger partial charge is 0.255 e. The maximum absolute atomic E-state index is 15.1. The summed E-state index contributed by atoms with van der Waals surface area (Å²) in [7, 11) is 0. The molecule has 3 aliphatic heterocycles. The van der Waals surface area contributed by atoms with Crippen molar-refractivity contribution in [2.75, 3.05) is 11.9 Å². The Balaban J connectivity index is 1.38. The molecule has 5 aliphatic rings. The molecule has 0 spiro atoms. The van der Waals surface area contributed by atoms with E-state index in [2.05, 4.69) is 20.9 Å². The van der Waals surface area contributed by atoms with Crippen LogP contribution in [0.25, 0.3) is 0 Å². The van der Waals surface area contributed by atoms with Crippen LogP contribution in [0.1, 0.15) is 56.9 Å². The zero-order chi connectivity index (χ0) is 27.0. The van der Waals surface area contributed by atoms with Gasteiger partial charge in [0, 0.05) is 37.3 Å². The van der Waals surface area contributed by atoms with Crippen molar-refractivity contribution in [1.82, 2.24) is 20.5 Å². The fourth-order valence-electron chi connectivity index (χ4n) is 6.30. The molecule has 38 heavy (non-hydrogen) atoms. The van der Waals surface area contributed by atoms with E-state index in [1.807, 2.05) is 19.1 Å². The molecule has 2 aliphatic carbocycles. The zero-order valence-electron chi connectivity index (χ0n) is 21.5. The fraction of sp³-hybridized carbons (Fsp3) is 0.667. The average molecular weight is 529 g/mol. The van der Waals surface area contributed by atoms with Gasteiger partial charge in [-0.15, -0.1) is 0 Å². The summed E-state index contributed by atoms with van der Waals surface area (Å²) < 4.78 is 30.2. The molecule has 204 valence electrons. The van der Waals surface area contributed by atoms with Crippen molar-refractivity contribution in [3.8, 4) is 6.07 Å². The van der Waals surface area contributed by atoms with E-state index in [4.69, 9.17) is 0 Å². The van der Waals surface area contributed by atoms with Crippen LogP contribution in [0, 0.1) is 36.0 Å². The van der Waals surface area contributed by atoms with Gasteiger partial charge in [0.05, 0.1) is 17.7 Å². The van der Waals surface area contributed by atoms with Gasteiger partial charge in [-0.05, 0) is 56.6 Å². The molecule has 1 aromatic heterocycles. The monoisotopic (exact) mass is 528 g/mol. The molecule has 9 nitrogen and oxygen atoms in total. The minimum atomic E-state index is -3.09. The molecular formula is C27H34F2N6O3. The van der Waals surface area contributed by atoms with E-state index in [-0.39, 0.29) is 24.7 Å². The number of alkyl halides is 2. The summed E-state index contributed by atoms with van der Waals surface area (Å²) >= 11 is 0. The Morgan fingerprint density at radius 1 is 1.24 bits per heavy atom. The van der Waals surface area contributed by atoms with Crippen molar-refractivity contribution >= 4 is 23.4 Å². The second kappa shape index (κ2) is 10.5. The van der Waals surface area contributed by atoms with Gasteiger partial charge in [0.15, 0.2) is 0 Å². The predicted molar refractivity (Wildman–Crippen MR) is 134 cm³/mol. The van der Waals surface area contributed by atoms with Crippen LogP contribution in [0.4, 0.5) is 14.5 Å². The Labute approximate surface area is 220 Å². The first-order valence-electron chi connectivity index (χ1n) is 13.5. The van der Waals surface area contributed by atoms with Gasteiger partial charge in [0.2, 0.25) is 17.7 Å². The molecule has 6 atom stereocenters. The first kappa shape index (κ1) is 26.3. The molecule has 3 saturated heterocycles. The van der Waals surface area contributed by atoms with Crippen LogP contribution in [0.5, 0.6) is 0 Å². The largest absolute Gasteiger partial charge is 0.372 e. The second-order valence-corrected chi connectivity index (χ2v) is 11.3. The van der Waals surface area contributed by atoms with E-state index >= 15 is 8.78 Å². The lowest BCUT2D eigenvalue weighted by Gasteiger charge is -2.54. The Hall–Kier alpha value is -3.29. The Morgan fingerprint density at radius 3 is 2.66 bits per heavy atom. The van der Waals surface area contributed by atoms with Crippen LogP contribution in [-0.4, -0.2) is 64.2 Å². The van der Waals surface area contributed by atoms with Crippen LogP contribution in [0.15, 0.2) is 18.5 Å². The van der Waals surface area contributed by atoms with Gasteiger partial charge in [0.25, 0.3) is 5.92 Å². The Morgan fingerprint density at radius 2 is 2.03 bits per heavy atom. The predicted octanol–water partition coefficient (Wildman–Crippen LogP) is 2.52. The number of hydrogen-bond donors (Lipinski definition) is 3. The summed E-state index contributed by atoms with van der Waals surface area (Å²) in [5.74, 6) is -5.77. The average Bonchev–Trinajstić information content (AvgIpc) is 3.61. The van der Waals surface area contributed by atoms with E-state index in [9.17, 15) is 19.6 Å². The SMILES string of the molecule is Cc1cncc(N[C@H](CC2CC2)C(=O)N2[C@H]3CC[C@@H]([C@H]2C(=O)N[C@@H](C#N)C[C@@H]2CCNC2=O)C(F)(F)C3)c1. The number of nitriles is 1. The fourth-order valence-corrected chi connectivity index (χ4v) is 6.30. The molecule has 2 bridgehead atoms. The molecule has 1 aromatic rings. The number of halogens is 2. The summed E-state index contributed by atoms with van der Waals surface area (Å²) in [4.78, 5) is 45.1. The number of carbonyl (C=O) groups excluding carboxylic acids is 3. The Kier molecular flexibility index (Phi) is 7.25. The topological polar surface area (TPSA) is 127 Å². The lowest BCUT2D eigenvalue weighted by Crippen LogP contribution is -2.70. The zero-order valence-corrected chi connectivity index (χ0v) is 21.5. The van der Waals surface area contributed by atoms with Crippen molar-refractivity contribution in [1.29, 1.82) is 5.26 Å². The molecule has 0 unspecified atom stereocenters. The van der Waals surface area contributed by atoms with Gasteiger partial charge in [-0.25, -0.2) is 8.78 Å². The van der Waals surface area contributed by atoms with Gasteiger partial charge in [-0.2, -0.15) is 5.26 Å². The number of amides is 3. The molecule has 11 heteroatoms. The number of anilines is 1. The number of hydrogen-bond acceptors (Lipinski definition) is 6. The first-order valence-corrected chi connectivity index (χ1v) is 13.5. The number of carbonyl (C=O) groups is 3. The highest BCUT2D eigenvalue weighted by Gasteiger charge is 2.61. The standard InChI is InChI=1S/C27H34F2N6O3/c1-15-8-19(14-31-13-15)33-22(9-16-2-3-16)26(38)35-20-4-5-21(27(28,29)11-20)23(35)25(37)34-18(12-30)10-17-6-7-32-24(17)36/h8,13-14,16-18,20-23,33H,2-7,9-11H2,1H3,(H,32,36)(H,34,37)/t17-,18+,20-,21-,22+,23-/m0/s1. The number of piperidine rings is 2. The third-order valence-corrected chi connectivity index (χ3v) is 8.39. The lowest BCUT2D eigenvalue weighted by molar-refractivity contribution is -0.194. The molecule has 0 aromatic carbocycles. The summed E-state index contributed by atoms with van der Waals surface area (Å²) in [5.41, 5.74) is 1.58. The third-order valence-electron chi connectivity index (χ3n) is 8.39. The normalized spacial score (nSPS) is 29.2. The summed E-state index contributed by atoms with van der Waals surface area (Å²) in [6.45, 7) is 2.39. The number of fused-ring (bicyclic) bond motifs is 3. The molecule has 4 heterocycles. The number of rotatable bonds is 9. The van der Waals surface area contributed by atoms with Gasteiger partial charge in [0.1, 0.15) is 18.1 Å². The number of aromatic nitrogens is 1. The van der Waals surface area contributed by atoms with Gasteiger partial charge >= 0.3 is 0 Å². The van der Waals surface area contributed by atoms with E-state index in [1.165, 1.54) is 4.90 Å². The molecule has 3 amide bonds. The summed E-state index contributed by atoms with van der Waals surface area (Å²) in [6, 6.07) is 0.0408. The molecule has 3 N–H and O–H groups in total. The quantitative estimate of drug-likeness (QED) is 0.452. The maximum Gasteiger partial charge on any atom is 0.255 e. The molecule has 6 rings (SSSR count). The lowest BCUT2D eigenvalue weighted by atomic mass is 9.71. The van der Waals surface area contributed by atoms with Crippen LogP contribution >= 0.6 is 0 Å². The van der Waals surface area contributed by atoms with Crippen molar-refractivity contribution in [3.05, 3.63) is 24.0 Å². The maximum atomic E-state index is 15.1. The highest BCUT2D eigenvalue weighted by molar-refractivity contribution is 5.92. The number of aryl methyl sites for hydroxylation is 1. The van der Waals surface area contributed by atoms with Crippen molar-refractivity contribution in [3.63, 3.8) is 0 Å². The second-order valence-electron chi connectivity index (χ2n) is 11.3.